The van der Waals surface area contributed by atoms with Crippen LogP contribution in [0.1, 0.15) is 27.7 Å². The Morgan fingerprint density at radius 3 is 2.50 bits per heavy atom. The van der Waals surface area contributed by atoms with Gasteiger partial charge in [-0.1, -0.05) is 0 Å². The van der Waals surface area contributed by atoms with Crippen LogP contribution in [0.15, 0.2) is 0 Å². The van der Waals surface area contributed by atoms with Gasteiger partial charge in [-0.15, -0.1) is 0 Å². The molecule has 1 aliphatic heterocycles. The van der Waals surface area contributed by atoms with Crippen molar-refractivity contribution < 1.29 is 19.1 Å². The number of ether oxygens (including phenoxy) is 2. The normalized spacial score (nSPS) is 22.1. The van der Waals surface area contributed by atoms with Crippen molar-refractivity contribution in [3.63, 3.8) is 0 Å². The Morgan fingerprint density at radius 1 is 1.57 bits per heavy atom. The van der Waals surface area contributed by atoms with E-state index >= 15 is 0 Å². The van der Waals surface area contributed by atoms with E-state index in [2.05, 4.69) is 0 Å². The van der Waals surface area contributed by atoms with Crippen molar-refractivity contribution in [3.8, 4) is 0 Å². The number of carbonyl (C=O) groups excluding carboxylic acids is 2. The summed E-state index contributed by atoms with van der Waals surface area (Å²) in [4.78, 5) is 23.7. The average Bonchev–Trinajstić information content (AvgIpc) is 2.29. The lowest BCUT2D eigenvalue weighted by Crippen LogP contribution is -2.40. The van der Waals surface area contributed by atoms with Gasteiger partial charge < -0.3 is 9.47 Å². The van der Waals surface area contributed by atoms with E-state index in [4.69, 9.17) is 9.47 Å². The smallest absolute Gasteiger partial charge is 0.413 e. The predicted molar refractivity (Wildman–Crippen MR) is 48.5 cm³/mol. The largest absolute Gasteiger partial charge is 0.444 e. The first-order valence-corrected chi connectivity index (χ1v) is 4.47. The van der Waals surface area contributed by atoms with Crippen molar-refractivity contribution in [2.75, 3.05) is 6.73 Å². The summed E-state index contributed by atoms with van der Waals surface area (Å²) in [5.41, 5.74) is -0.553. The van der Waals surface area contributed by atoms with Crippen molar-refractivity contribution in [1.82, 2.24) is 4.90 Å². The van der Waals surface area contributed by atoms with Gasteiger partial charge in [0.25, 0.3) is 0 Å². The minimum Gasteiger partial charge on any atom is -0.444 e. The van der Waals surface area contributed by atoms with Crippen molar-refractivity contribution in [2.24, 2.45) is 0 Å². The zero-order chi connectivity index (χ0) is 10.9. The third kappa shape index (κ3) is 2.37. The van der Waals surface area contributed by atoms with Gasteiger partial charge in [-0.2, -0.15) is 0 Å². The van der Waals surface area contributed by atoms with Crippen LogP contribution in [0.3, 0.4) is 0 Å². The fourth-order valence-corrected chi connectivity index (χ4v) is 1.02. The molecule has 1 atom stereocenters. The highest BCUT2D eigenvalue weighted by Crippen LogP contribution is 2.16. The Kier molecular flexibility index (Phi) is 2.69. The van der Waals surface area contributed by atoms with Gasteiger partial charge in [0.2, 0.25) is 0 Å². The molecule has 0 spiro atoms. The summed E-state index contributed by atoms with van der Waals surface area (Å²) < 4.78 is 9.79. The predicted octanol–water partition coefficient (Wildman–Crippen LogP) is 1.13. The molecule has 0 aromatic heterocycles. The summed E-state index contributed by atoms with van der Waals surface area (Å²) in [6.45, 7) is 6.91. The molecule has 5 heteroatoms. The SMILES string of the molecule is CC1C(=O)OCN1C(=O)OC(C)(C)C. The molecule has 1 amide bonds. The van der Waals surface area contributed by atoms with Gasteiger partial charge in [-0.3, -0.25) is 4.90 Å². The van der Waals surface area contributed by atoms with Gasteiger partial charge in [-0.25, -0.2) is 9.59 Å². The maximum atomic E-state index is 11.5. The van der Waals surface area contributed by atoms with Crippen molar-refractivity contribution in [3.05, 3.63) is 0 Å². The number of nitrogens with zero attached hydrogens (tertiary/aromatic N) is 1. The van der Waals surface area contributed by atoms with Crippen LogP contribution in [0.5, 0.6) is 0 Å². The molecule has 0 aromatic carbocycles. The van der Waals surface area contributed by atoms with Crippen LogP contribution in [0.25, 0.3) is 0 Å². The molecule has 0 radical (unpaired) electrons. The number of hydrogen-bond donors (Lipinski definition) is 0. The molecule has 1 aliphatic rings. The lowest BCUT2D eigenvalue weighted by atomic mass is 10.2. The van der Waals surface area contributed by atoms with E-state index in [0.717, 1.165) is 0 Å². The average molecular weight is 201 g/mol. The molecular formula is C9H15NO4. The quantitative estimate of drug-likeness (QED) is 0.551. The van der Waals surface area contributed by atoms with Crippen LogP contribution in [0.4, 0.5) is 4.79 Å². The number of amides is 1. The molecule has 0 aliphatic carbocycles. The summed E-state index contributed by atoms with van der Waals surface area (Å²) in [6, 6.07) is -0.551. The van der Waals surface area contributed by atoms with E-state index in [-0.39, 0.29) is 6.73 Å². The van der Waals surface area contributed by atoms with E-state index in [1.807, 2.05) is 0 Å². The second-order valence-corrected chi connectivity index (χ2v) is 4.22. The molecule has 5 nitrogen and oxygen atoms in total. The highest BCUT2D eigenvalue weighted by Gasteiger charge is 2.36. The monoisotopic (exact) mass is 201 g/mol. The molecule has 1 unspecified atom stereocenters. The number of cyclic esters (lactones) is 1. The fourth-order valence-electron chi connectivity index (χ4n) is 1.02. The molecule has 0 bridgehead atoms. The van der Waals surface area contributed by atoms with Crippen molar-refractivity contribution in [2.45, 2.75) is 39.3 Å². The second kappa shape index (κ2) is 3.48. The van der Waals surface area contributed by atoms with Crippen molar-refractivity contribution >= 4 is 12.1 Å². The van der Waals surface area contributed by atoms with Gasteiger partial charge in [0.05, 0.1) is 0 Å². The molecule has 0 aromatic rings. The Hall–Kier alpha value is -1.26. The summed E-state index contributed by atoms with van der Waals surface area (Å²) >= 11 is 0. The third-order valence-corrected chi connectivity index (χ3v) is 1.78. The molecular weight excluding hydrogens is 186 g/mol. The fraction of sp³-hybridized carbons (Fsp3) is 0.778. The number of hydrogen-bond acceptors (Lipinski definition) is 4. The Balaban J connectivity index is 2.58. The molecule has 0 saturated carbocycles. The lowest BCUT2D eigenvalue weighted by Gasteiger charge is -2.24. The number of esters is 1. The van der Waals surface area contributed by atoms with Gasteiger partial charge in [0.1, 0.15) is 11.6 Å². The van der Waals surface area contributed by atoms with Crippen LogP contribution in [0, 0.1) is 0 Å². The summed E-state index contributed by atoms with van der Waals surface area (Å²) in [5.74, 6) is -0.393. The Labute approximate surface area is 83.0 Å². The zero-order valence-corrected chi connectivity index (χ0v) is 8.86. The topological polar surface area (TPSA) is 55.8 Å². The zero-order valence-electron chi connectivity index (χ0n) is 8.86. The van der Waals surface area contributed by atoms with Crippen LogP contribution < -0.4 is 0 Å². The van der Waals surface area contributed by atoms with Gasteiger partial charge in [-0.05, 0) is 27.7 Å². The maximum absolute atomic E-state index is 11.5. The van der Waals surface area contributed by atoms with E-state index in [1.165, 1.54) is 4.90 Å². The maximum Gasteiger partial charge on any atom is 0.413 e. The van der Waals surface area contributed by atoms with E-state index in [9.17, 15) is 9.59 Å². The Morgan fingerprint density at radius 2 is 2.14 bits per heavy atom. The molecule has 1 fully saturated rings. The van der Waals surface area contributed by atoms with E-state index in [0.29, 0.717) is 0 Å². The van der Waals surface area contributed by atoms with Gasteiger partial charge in [0.15, 0.2) is 6.73 Å². The van der Waals surface area contributed by atoms with Crippen LogP contribution in [-0.4, -0.2) is 35.3 Å². The molecule has 1 saturated heterocycles. The first kappa shape index (κ1) is 10.8. The minimum absolute atomic E-state index is 0.0189. The van der Waals surface area contributed by atoms with Gasteiger partial charge in [0, 0.05) is 0 Å². The summed E-state index contributed by atoms with van der Waals surface area (Å²) in [7, 11) is 0. The van der Waals surface area contributed by atoms with Crippen molar-refractivity contribution in [1.29, 1.82) is 0 Å². The standard InChI is InChI=1S/C9H15NO4/c1-6-7(11)13-5-10(6)8(12)14-9(2,3)4/h6H,5H2,1-4H3. The molecule has 0 N–H and O–H groups in total. The van der Waals surface area contributed by atoms with E-state index in [1.54, 1.807) is 27.7 Å². The van der Waals surface area contributed by atoms with Gasteiger partial charge >= 0.3 is 12.1 Å². The number of carbonyl (C=O) groups is 2. The molecule has 80 valence electrons. The molecule has 14 heavy (non-hydrogen) atoms. The summed E-state index contributed by atoms with van der Waals surface area (Å²) in [6.07, 6.45) is -0.518. The van der Waals surface area contributed by atoms with Crippen LogP contribution in [-0.2, 0) is 14.3 Å². The lowest BCUT2D eigenvalue weighted by molar-refractivity contribution is -0.138. The third-order valence-electron chi connectivity index (χ3n) is 1.78. The highest BCUT2D eigenvalue weighted by atomic mass is 16.6. The first-order chi connectivity index (χ1) is 6.31. The van der Waals surface area contributed by atoms with Crippen LogP contribution >= 0.6 is 0 Å². The Bertz CT molecular complexity index is 256. The van der Waals surface area contributed by atoms with E-state index < -0.39 is 23.7 Å². The second-order valence-electron chi connectivity index (χ2n) is 4.22. The first-order valence-electron chi connectivity index (χ1n) is 4.47. The molecule has 1 rings (SSSR count). The summed E-state index contributed by atoms with van der Waals surface area (Å²) in [5, 5.41) is 0. The molecule has 1 heterocycles. The number of rotatable bonds is 0. The van der Waals surface area contributed by atoms with Crippen LogP contribution in [0.2, 0.25) is 0 Å². The highest BCUT2D eigenvalue weighted by molar-refractivity contribution is 5.83. The minimum atomic E-state index is -0.553.